The quantitative estimate of drug-likeness (QED) is 0.630. The Hall–Kier alpha value is -2.19. The molecule has 8 heteroatoms. The van der Waals surface area contributed by atoms with Crippen molar-refractivity contribution in [1.82, 2.24) is 15.4 Å². The van der Waals surface area contributed by atoms with Gasteiger partial charge in [-0.1, -0.05) is 12.1 Å². The normalized spacial score (nSPS) is 13.0. The number of hydrogen-bond donors (Lipinski definition) is 3. The Morgan fingerprint density at radius 1 is 1.28 bits per heavy atom. The van der Waals surface area contributed by atoms with Crippen LogP contribution in [-0.2, 0) is 14.8 Å². The van der Waals surface area contributed by atoms with Crippen molar-refractivity contribution < 1.29 is 18.0 Å². The summed E-state index contributed by atoms with van der Waals surface area (Å²) in [5.74, 6) is -0.852. The van der Waals surface area contributed by atoms with E-state index in [9.17, 15) is 18.0 Å². The average molecular weight is 367 g/mol. The largest absolute Gasteiger partial charge is 0.350 e. The minimum atomic E-state index is -3.73. The Kier molecular flexibility index (Phi) is 6.89. The van der Waals surface area contributed by atoms with Gasteiger partial charge >= 0.3 is 0 Å². The lowest BCUT2D eigenvalue weighted by Gasteiger charge is -2.23. The highest BCUT2D eigenvalue weighted by atomic mass is 32.2. The summed E-state index contributed by atoms with van der Waals surface area (Å²) in [5.41, 5.74) is -0.266. The molecule has 0 radical (unpaired) electrons. The third-order valence-corrected chi connectivity index (χ3v) is 4.48. The minimum absolute atomic E-state index is 0.0335. The predicted octanol–water partition coefficient (Wildman–Crippen LogP) is 1.18. The molecule has 0 aliphatic carbocycles. The number of hydrogen-bond acceptors (Lipinski definition) is 4. The summed E-state index contributed by atoms with van der Waals surface area (Å²) in [6, 6.07) is 4.84. The van der Waals surface area contributed by atoms with Crippen LogP contribution in [0.4, 0.5) is 0 Å². The van der Waals surface area contributed by atoms with E-state index in [0.29, 0.717) is 0 Å². The molecule has 0 saturated carbocycles. The van der Waals surface area contributed by atoms with Crippen molar-refractivity contribution in [2.24, 2.45) is 0 Å². The lowest BCUT2D eigenvalue weighted by atomic mass is 10.1. The van der Waals surface area contributed by atoms with E-state index in [1.54, 1.807) is 6.92 Å². The Morgan fingerprint density at radius 2 is 1.92 bits per heavy atom. The predicted molar refractivity (Wildman–Crippen MR) is 96.7 cm³/mol. The van der Waals surface area contributed by atoms with E-state index in [2.05, 4.69) is 21.9 Å². The van der Waals surface area contributed by atoms with Gasteiger partial charge in [0.25, 0.3) is 5.91 Å². The number of carbonyl (C=O) groups excluding carboxylic acids is 2. The fourth-order valence-corrected chi connectivity index (χ4v) is 2.92. The van der Waals surface area contributed by atoms with Gasteiger partial charge in [0.2, 0.25) is 15.9 Å². The van der Waals surface area contributed by atoms with Gasteiger partial charge in [-0.2, -0.15) is 0 Å². The zero-order valence-electron chi connectivity index (χ0n) is 14.9. The molecule has 7 nitrogen and oxygen atoms in total. The first-order valence-corrected chi connectivity index (χ1v) is 9.28. The second-order valence-electron chi connectivity index (χ2n) is 6.60. The van der Waals surface area contributed by atoms with Crippen LogP contribution in [0.3, 0.4) is 0 Å². The summed E-state index contributed by atoms with van der Waals surface area (Å²) in [5, 5.41) is 5.32. The first-order chi connectivity index (χ1) is 11.5. The van der Waals surface area contributed by atoms with Crippen LogP contribution in [0.5, 0.6) is 0 Å². The van der Waals surface area contributed by atoms with Gasteiger partial charge in [0.15, 0.2) is 0 Å². The van der Waals surface area contributed by atoms with Crippen LogP contribution in [-0.4, -0.2) is 38.4 Å². The molecule has 0 spiro atoms. The van der Waals surface area contributed by atoms with Gasteiger partial charge in [-0.05, 0) is 45.9 Å². The number of sulfonamides is 1. The summed E-state index contributed by atoms with van der Waals surface area (Å²) >= 11 is 0. The molecule has 0 bridgehead atoms. The Labute approximate surface area is 148 Å². The molecule has 0 heterocycles. The molecule has 0 aromatic heterocycles. The van der Waals surface area contributed by atoms with Crippen molar-refractivity contribution in [3.05, 3.63) is 42.5 Å². The number of rotatable bonds is 7. The molecule has 1 rings (SSSR count). The summed E-state index contributed by atoms with van der Waals surface area (Å²) in [6.45, 7) is 10.6. The SMILES string of the molecule is C=CCNS(=O)(=O)c1cccc(C(=O)NC(C)C(=O)NC(C)(C)C)c1. The highest BCUT2D eigenvalue weighted by Crippen LogP contribution is 2.12. The van der Waals surface area contributed by atoms with Crippen molar-refractivity contribution in [3.63, 3.8) is 0 Å². The van der Waals surface area contributed by atoms with Crippen LogP contribution in [0, 0.1) is 0 Å². The molecular weight excluding hydrogens is 342 g/mol. The van der Waals surface area contributed by atoms with Crippen LogP contribution in [0.25, 0.3) is 0 Å². The van der Waals surface area contributed by atoms with E-state index >= 15 is 0 Å². The van der Waals surface area contributed by atoms with Crippen molar-refractivity contribution in [1.29, 1.82) is 0 Å². The zero-order valence-corrected chi connectivity index (χ0v) is 15.7. The Morgan fingerprint density at radius 3 is 2.48 bits per heavy atom. The van der Waals surface area contributed by atoms with E-state index < -0.39 is 27.5 Å². The molecule has 3 N–H and O–H groups in total. The van der Waals surface area contributed by atoms with Gasteiger partial charge < -0.3 is 10.6 Å². The summed E-state index contributed by atoms with van der Waals surface area (Å²) in [7, 11) is -3.73. The van der Waals surface area contributed by atoms with Crippen LogP contribution < -0.4 is 15.4 Å². The van der Waals surface area contributed by atoms with Crippen LogP contribution >= 0.6 is 0 Å². The molecule has 25 heavy (non-hydrogen) atoms. The Bertz CT molecular complexity index is 751. The second kappa shape index (κ2) is 8.26. The molecule has 1 unspecified atom stereocenters. The van der Waals surface area contributed by atoms with Crippen LogP contribution in [0.1, 0.15) is 38.1 Å². The topological polar surface area (TPSA) is 104 Å². The molecule has 0 aliphatic rings. The van der Waals surface area contributed by atoms with E-state index in [1.807, 2.05) is 20.8 Å². The maximum Gasteiger partial charge on any atom is 0.251 e. The molecule has 0 fully saturated rings. The minimum Gasteiger partial charge on any atom is -0.350 e. The first kappa shape index (κ1) is 20.9. The summed E-state index contributed by atoms with van der Waals surface area (Å²) in [4.78, 5) is 24.3. The fraction of sp³-hybridized carbons (Fsp3) is 0.412. The van der Waals surface area contributed by atoms with Crippen LogP contribution in [0.15, 0.2) is 41.8 Å². The van der Waals surface area contributed by atoms with Crippen molar-refractivity contribution >= 4 is 21.8 Å². The number of carbonyl (C=O) groups is 2. The summed E-state index contributed by atoms with van der Waals surface area (Å²) in [6.07, 6.45) is 1.42. The van der Waals surface area contributed by atoms with Gasteiger partial charge in [0, 0.05) is 17.6 Å². The molecule has 1 aromatic carbocycles. The van der Waals surface area contributed by atoms with E-state index in [0.717, 1.165) is 0 Å². The van der Waals surface area contributed by atoms with Gasteiger partial charge in [-0.3, -0.25) is 9.59 Å². The number of nitrogens with one attached hydrogen (secondary N) is 3. The standard InChI is InChI=1S/C17H25N3O4S/c1-6-10-18-25(23,24)14-9-7-8-13(11-14)16(22)19-12(2)15(21)20-17(3,4)5/h6-9,11-12,18H,1,10H2,2-5H3,(H,19,22)(H,20,21). The first-order valence-electron chi connectivity index (χ1n) is 7.80. The maximum atomic E-state index is 12.3. The van der Waals surface area contributed by atoms with Crippen molar-refractivity contribution in [2.45, 2.75) is 44.2 Å². The van der Waals surface area contributed by atoms with Gasteiger partial charge in [-0.25, -0.2) is 13.1 Å². The highest BCUT2D eigenvalue weighted by molar-refractivity contribution is 7.89. The lowest BCUT2D eigenvalue weighted by molar-refractivity contribution is -0.124. The van der Waals surface area contributed by atoms with E-state index in [1.165, 1.54) is 30.3 Å². The monoisotopic (exact) mass is 367 g/mol. The fourth-order valence-electron chi connectivity index (χ4n) is 1.88. The molecule has 138 valence electrons. The zero-order chi connectivity index (χ0) is 19.3. The van der Waals surface area contributed by atoms with Gasteiger partial charge in [0.05, 0.1) is 4.90 Å². The molecule has 2 amide bonds. The van der Waals surface area contributed by atoms with Crippen molar-refractivity contribution in [3.8, 4) is 0 Å². The summed E-state index contributed by atoms with van der Waals surface area (Å²) < 4.78 is 26.5. The second-order valence-corrected chi connectivity index (χ2v) is 8.37. The average Bonchev–Trinajstić information content (AvgIpc) is 2.51. The van der Waals surface area contributed by atoms with E-state index in [-0.39, 0.29) is 22.9 Å². The van der Waals surface area contributed by atoms with Gasteiger partial charge in [0.1, 0.15) is 6.04 Å². The smallest absolute Gasteiger partial charge is 0.251 e. The highest BCUT2D eigenvalue weighted by Gasteiger charge is 2.22. The van der Waals surface area contributed by atoms with Crippen LogP contribution in [0.2, 0.25) is 0 Å². The maximum absolute atomic E-state index is 12.3. The molecule has 0 saturated heterocycles. The van der Waals surface area contributed by atoms with Gasteiger partial charge in [-0.15, -0.1) is 6.58 Å². The number of amides is 2. The molecule has 1 aromatic rings. The Balaban J connectivity index is 2.88. The molecular formula is C17H25N3O4S. The third kappa shape index (κ3) is 6.67. The lowest BCUT2D eigenvalue weighted by Crippen LogP contribution is -2.50. The molecule has 0 aliphatic heterocycles. The van der Waals surface area contributed by atoms with Crippen molar-refractivity contribution in [2.75, 3.05) is 6.54 Å². The van der Waals surface area contributed by atoms with E-state index in [4.69, 9.17) is 0 Å². The number of benzene rings is 1. The molecule has 1 atom stereocenters. The third-order valence-electron chi connectivity index (χ3n) is 3.06.